The first-order valence-electron chi connectivity index (χ1n) is 11.5. The molecule has 0 bridgehead atoms. The van der Waals surface area contributed by atoms with Gasteiger partial charge in [0, 0.05) is 25.0 Å². The number of nitrogens with zero attached hydrogens (tertiary/aromatic N) is 1. The van der Waals surface area contributed by atoms with E-state index in [0.29, 0.717) is 6.42 Å². The van der Waals surface area contributed by atoms with Crippen LogP contribution in [-0.4, -0.2) is 59.5 Å². The lowest BCUT2D eigenvalue weighted by Crippen LogP contribution is -2.55. The number of likely N-dealkylation sites (tertiary alicyclic amines) is 1. The summed E-state index contributed by atoms with van der Waals surface area (Å²) in [6.07, 6.45) is -0.928. The molecule has 8 heteroatoms. The first-order valence-corrected chi connectivity index (χ1v) is 11.5. The number of benzene rings is 2. The summed E-state index contributed by atoms with van der Waals surface area (Å²) in [7, 11) is 0. The predicted molar refractivity (Wildman–Crippen MR) is 126 cm³/mol. The molecule has 34 heavy (non-hydrogen) atoms. The molecule has 2 aromatic carbocycles. The fourth-order valence-electron chi connectivity index (χ4n) is 4.69. The highest BCUT2D eigenvalue weighted by atomic mass is 16.6. The number of fused-ring (bicyclic) bond motifs is 3. The minimum absolute atomic E-state index is 0.0491. The molecule has 2 aliphatic rings. The minimum atomic E-state index is -1.09. The Bertz CT molecular complexity index is 1050. The van der Waals surface area contributed by atoms with Gasteiger partial charge in [0.2, 0.25) is 0 Å². The molecule has 1 saturated heterocycles. The van der Waals surface area contributed by atoms with Crippen molar-refractivity contribution in [2.75, 3.05) is 19.7 Å². The van der Waals surface area contributed by atoms with Crippen molar-refractivity contribution in [3.8, 4) is 11.1 Å². The molecule has 0 aromatic heterocycles. The molecular formula is C26H30N2O6. The van der Waals surface area contributed by atoms with Crippen LogP contribution in [-0.2, 0) is 14.3 Å². The summed E-state index contributed by atoms with van der Waals surface area (Å²) < 4.78 is 10.9. The van der Waals surface area contributed by atoms with E-state index in [-0.39, 0.29) is 25.6 Å². The Morgan fingerprint density at radius 1 is 1.03 bits per heavy atom. The van der Waals surface area contributed by atoms with Gasteiger partial charge in [-0.1, -0.05) is 48.5 Å². The number of aliphatic carboxylic acids is 1. The van der Waals surface area contributed by atoms with Crippen LogP contribution in [0.4, 0.5) is 9.59 Å². The van der Waals surface area contributed by atoms with Gasteiger partial charge in [-0.3, -0.25) is 4.79 Å². The molecule has 2 N–H and O–H groups in total. The van der Waals surface area contributed by atoms with Crippen LogP contribution in [0.5, 0.6) is 0 Å². The molecule has 0 saturated carbocycles. The second kappa shape index (κ2) is 9.37. The van der Waals surface area contributed by atoms with E-state index in [9.17, 15) is 19.5 Å². The van der Waals surface area contributed by atoms with Crippen molar-refractivity contribution in [2.45, 2.75) is 44.8 Å². The van der Waals surface area contributed by atoms with Crippen LogP contribution in [0.1, 0.15) is 44.2 Å². The van der Waals surface area contributed by atoms with Gasteiger partial charge in [0.1, 0.15) is 12.2 Å². The van der Waals surface area contributed by atoms with Crippen molar-refractivity contribution in [1.29, 1.82) is 0 Å². The highest BCUT2D eigenvalue weighted by molar-refractivity contribution is 5.79. The molecular weight excluding hydrogens is 436 g/mol. The third-order valence-electron chi connectivity index (χ3n) is 6.23. The van der Waals surface area contributed by atoms with Gasteiger partial charge in [-0.15, -0.1) is 0 Å². The zero-order chi connectivity index (χ0) is 24.5. The second-order valence-corrected chi connectivity index (χ2v) is 9.74. The van der Waals surface area contributed by atoms with Gasteiger partial charge in [0.05, 0.1) is 5.92 Å². The van der Waals surface area contributed by atoms with Crippen molar-refractivity contribution in [2.24, 2.45) is 5.92 Å². The van der Waals surface area contributed by atoms with Crippen molar-refractivity contribution in [3.63, 3.8) is 0 Å². The van der Waals surface area contributed by atoms with E-state index in [2.05, 4.69) is 17.4 Å². The number of carbonyl (C=O) groups excluding carboxylic acids is 2. The van der Waals surface area contributed by atoms with E-state index in [1.807, 2.05) is 36.4 Å². The van der Waals surface area contributed by atoms with E-state index >= 15 is 0 Å². The number of carboxylic acids is 1. The van der Waals surface area contributed by atoms with E-state index in [0.717, 1.165) is 22.3 Å². The summed E-state index contributed by atoms with van der Waals surface area (Å²) in [4.78, 5) is 38.3. The lowest BCUT2D eigenvalue weighted by atomic mass is 9.92. The first-order chi connectivity index (χ1) is 16.1. The summed E-state index contributed by atoms with van der Waals surface area (Å²) in [5.41, 5.74) is 3.81. The van der Waals surface area contributed by atoms with Crippen molar-refractivity contribution in [1.82, 2.24) is 10.2 Å². The van der Waals surface area contributed by atoms with Gasteiger partial charge >= 0.3 is 18.2 Å². The Morgan fingerprint density at radius 2 is 1.62 bits per heavy atom. The van der Waals surface area contributed by atoms with Crippen LogP contribution in [0.3, 0.4) is 0 Å². The standard InChI is InChI=1S/C26H30N2O6/c1-26(2,3)34-24(31)27-22-12-13-28(14-20(22)23(29)30)25(32)33-15-21-18-10-6-4-8-16(18)17-9-5-7-11-19(17)21/h4-11,20-22H,12-15H2,1-3H3,(H,27,31)(H,29,30)/t20-,22+/m1/s1. The maximum absolute atomic E-state index is 12.9. The second-order valence-electron chi connectivity index (χ2n) is 9.74. The summed E-state index contributed by atoms with van der Waals surface area (Å²) in [6, 6.07) is 15.5. The number of nitrogens with one attached hydrogen (secondary N) is 1. The van der Waals surface area contributed by atoms with Crippen LogP contribution >= 0.6 is 0 Å². The minimum Gasteiger partial charge on any atom is -0.481 e. The molecule has 1 aliphatic heterocycles. The predicted octanol–water partition coefficient (Wildman–Crippen LogP) is 4.24. The van der Waals surface area contributed by atoms with Crippen LogP contribution in [0, 0.1) is 5.92 Å². The smallest absolute Gasteiger partial charge is 0.409 e. The van der Waals surface area contributed by atoms with Crippen molar-refractivity contribution in [3.05, 3.63) is 59.7 Å². The molecule has 0 unspecified atom stereocenters. The zero-order valence-electron chi connectivity index (χ0n) is 19.6. The number of hydrogen-bond acceptors (Lipinski definition) is 5. The number of alkyl carbamates (subject to hydrolysis) is 1. The summed E-state index contributed by atoms with van der Waals surface area (Å²) >= 11 is 0. The van der Waals surface area contributed by atoms with E-state index in [4.69, 9.17) is 9.47 Å². The average molecular weight is 467 g/mol. The maximum Gasteiger partial charge on any atom is 0.409 e. The molecule has 1 aliphatic carbocycles. The first kappa shape index (κ1) is 23.6. The molecule has 180 valence electrons. The van der Waals surface area contributed by atoms with Gasteiger partial charge in [-0.05, 0) is 49.4 Å². The fraction of sp³-hybridized carbons (Fsp3) is 0.423. The van der Waals surface area contributed by atoms with Gasteiger partial charge in [0.15, 0.2) is 0 Å². The lowest BCUT2D eigenvalue weighted by molar-refractivity contribution is -0.144. The normalized spacial score (nSPS) is 19.7. The number of rotatable bonds is 4. The van der Waals surface area contributed by atoms with Crippen molar-refractivity contribution >= 4 is 18.2 Å². The van der Waals surface area contributed by atoms with E-state index in [1.54, 1.807) is 20.8 Å². The van der Waals surface area contributed by atoms with Gasteiger partial charge in [-0.2, -0.15) is 0 Å². The Kier molecular flexibility index (Phi) is 6.50. The summed E-state index contributed by atoms with van der Waals surface area (Å²) in [5.74, 6) is -2.11. The monoisotopic (exact) mass is 466 g/mol. The molecule has 4 rings (SSSR count). The van der Waals surface area contributed by atoms with Gasteiger partial charge in [0.25, 0.3) is 0 Å². The molecule has 2 aromatic rings. The van der Waals surface area contributed by atoms with Gasteiger partial charge in [-0.25, -0.2) is 9.59 Å². The molecule has 2 amide bonds. The van der Waals surface area contributed by atoms with E-state index < -0.39 is 35.7 Å². The number of carbonyl (C=O) groups is 3. The number of amides is 2. The van der Waals surface area contributed by atoms with Crippen LogP contribution < -0.4 is 5.32 Å². The maximum atomic E-state index is 12.9. The third kappa shape index (κ3) is 5.00. The Morgan fingerprint density at radius 3 is 2.18 bits per heavy atom. The highest BCUT2D eigenvalue weighted by Gasteiger charge is 2.39. The number of ether oxygens (including phenoxy) is 2. The average Bonchev–Trinajstić information content (AvgIpc) is 3.10. The fourth-order valence-corrected chi connectivity index (χ4v) is 4.69. The Hall–Kier alpha value is -3.55. The molecule has 1 fully saturated rings. The number of carboxylic acid groups (broad SMARTS) is 1. The summed E-state index contributed by atoms with van der Waals surface area (Å²) in [6.45, 7) is 5.61. The lowest BCUT2D eigenvalue weighted by Gasteiger charge is -2.36. The quantitative estimate of drug-likeness (QED) is 0.699. The van der Waals surface area contributed by atoms with Crippen LogP contribution in [0.15, 0.2) is 48.5 Å². The SMILES string of the molecule is CC(C)(C)OC(=O)N[C@H]1CCN(C(=O)OCC2c3ccccc3-c3ccccc32)C[C@H]1C(=O)O. The summed E-state index contributed by atoms with van der Waals surface area (Å²) in [5, 5.41) is 12.3. The van der Waals surface area contributed by atoms with Crippen LogP contribution in [0.2, 0.25) is 0 Å². The Labute approximate surface area is 198 Å². The third-order valence-corrected chi connectivity index (χ3v) is 6.23. The number of piperidine rings is 1. The van der Waals surface area contributed by atoms with Crippen LogP contribution in [0.25, 0.3) is 11.1 Å². The highest BCUT2D eigenvalue weighted by Crippen LogP contribution is 2.44. The molecule has 2 atom stereocenters. The number of hydrogen-bond donors (Lipinski definition) is 2. The molecule has 1 heterocycles. The topological polar surface area (TPSA) is 105 Å². The Balaban J connectivity index is 1.39. The molecule has 8 nitrogen and oxygen atoms in total. The zero-order valence-corrected chi connectivity index (χ0v) is 19.6. The van der Waals surface area contributed by atoms with Gasteiger partial charge < -0.3 is 24.8 Å². The molecule has 0 radical (unpaired) electrons. The van der Waals surface area contributed by atoms with E-state index in [1.165, 1.54) is 4.90 Å². The van der Waals surface area contributed by atoms with Crippen molar-refractivity contribution < 1.29 is 29.0 Å². The largest absolute Gasteiger partial charge is 0.481 e. The molecule has 0 spiro atoms.